The highest BCUT2D eigenvalue weighted by Crippen LogP contribution is 2.34. The maximum Gasteiger partial charge on any atom is 0.326 e. The van der Waals surface area contributed by atoms with Gasteiger partial charge in [-0.2, -0.15) is 0 Å². The molecule has 8 heteroatoms. The van der Waals surface area contributed by atoms with Crippen LogP contribution < -0.4 is 10.6 Å². The van der Waals surface area contributed by atoms with Crippen LogP contribution in [0.3, 0.4) is 0 Å². The number of anilines is 1. The van der Waals surface area contributed by atoms with Crippen LogP contribution in [0.15, 0.2) is 24.3 Å². The smallest absolute Gasteiger partial charge is 0.326 e. The molecule has 2 atom stereocenters. The van der Waals surface area contributed by atoms with Gasteiger partial charge in [-0.3, -0.25) is 14.4 Å². The molecule has 0 unspecified atom stereocenters. The molecular formula is C15H16N2O6. The minimum atomic E-state index is -1.39. The second kappa shape index (κ2) is 6.91. The van der Waals surface area contributed by atoms with Gasteiger partial charge in [0.05, 0.1) is 19.4 Å². The van der Waals surface area contributed by atoms with Crippen LogP contribution in [0, 0.1) is 0 Å². The van der Waals surface area contributed by atoms with E-state index in [-0.39, 0.29) is 12.3 Å². The average molecular weight is 320 g/mol. The fourth-order valence-electron chi connectivity index (χ4n) is 2.37. The number of amides is 2. The maximum absolute atomic E-state index is 12.0. The monoisotopic (exact) mass is 320 g/mol. The third-order valence-corrected chi connectivity index (χ3v) is 3.53. The molecule has 0 bridgehead atoms. The molecule has 23 heavy (non-hydrogen) atoms. The summed E-state index contributed by atoms with van der Waals surface area (Å²) >= 11 is 0. The van der Waals surface area contributed by atoms with Gasteiger partial charge in [0.15, 0.2) is 0 Å². The average Bonchev–Trinajstić information content (AvgIpc) is 2.82. The molecule has 1 aliphatic rings. The third-order valence-electron chi connectivity index (χ3n) is 3.53. The van der Waals surface area contributed by atoms with E-state index in [1.165, 1.54) is 0 Å². The van der Waals surface area contributed by atoms with Gasteiger partial charge in [0, 0.05) is 12.1 Å². The molecule has 3 N–H and O–H groups in total. The molecule has 122 valence electrons. The topological polar surface area (TPSA) is 122 Å². The Kier molecular flexibility index (Phi) is 4.95. The van der Waals surface area contributed by atoms with Crippen molar-refractivity contribution in [2.45, 2.75) is 24.8 Å². The number of carboxylic acid groups (broad SMARTS) is 1. The molecule has 2 rings (SSSR count). The molecule has 0 spiro atoms. The summed E-state index contributed by atoms with van der Waals surface area (Å²) in [5.74, 6) is -3.72. The van der Waals surface area contributed by atoms with Crippen LogP contribution in [0.25, 0.3) is 0 Å². The number of carboxylic acids is 1. The lowest BCUT2D eigenvalue weighted by Crippen LogP contribution is -2.43. The number of esters is 1. The maximum atomic E-state index is 12.0. The quantitative estimate of drug-likeness (QED) is 0.646. The van der Waals surface area contributed by atoms with Crippen LogP contribution in [-0.2, 0) is 23.9 Å². The van der Waals surface area contributed by atoms with Crippen molar-refractivity contribution in [1.82, 2.24) is 5.32 Å². The van der Waals surface area contributed by atoms with E-state index in [1.54, 1.807) is 24.3 Å². The predicted molar refractivity (Wildman–Crippen MR) is 78.6 cm³/mol. The number of hydrogen-bond acceptors (Lipinski definition) is 5. The fraction of sp³-hybridized carbons (Fsp3) is 0.333. The fourth-order valence-corrected chi connectivity index (χ4v) is 2.37. The van der Waals surface area contributed by atoms with Crippen molar-refractivity contribution >= 4 is 29.4 Å². The van der Waals surface area contributed by atoms with Crippen LogP contribution in [0.4, 0.5) is 5.69 Å². The van der Waals surface area contributed by atoms with Crippen LogP contribution in [0.5, 0.6) is 0 Å². The standard InChI is InChI=1S/C15H16N2O6/c1-23-13(19)7-11(15(21)22)16-12(18)6-9-8-4-2-3-5-10(8)17-14(9)20/h2-5,9,11H,6-7H2,1H3,(H,16,18)(H,17,20)(H,21,22)/t9-,11+/m0/s1. The van der Waals surface area contributed by atoms with Crippen molar-refractivity contribution in [2.75, 3.05) is 12.4 Å². The lowest BCUT2D eigenvalue weighted by atomic mass is 9.96. The van der Waals surface area contributed by atoms with E-state index < -0.39 is 36.2 Å². The summed E-state index contributed by atoms with van der Waals surface area (Å²) in [5.41, 5.74) is 1.33. The van der Waals surface area contributed by atoms with Crippen molar-refractivity contribution in [1.29, 1.82) is 0 Å². The van der Waals surface area contributed by atoms with E-state index in [1.807, 2.05) is 0 Å². The first-order chi connectivity index (χ1) is 10.9. The number of ether oxygens (including phenoxy) is 1. The Labute approximate surface area is 131 Å². The summed E-state index contributed by atoms with van der Waals surface area (Å²) < 4.78 is 4.39. The van der Waals surface area contributed by atoms with Gasteiger partial charge in [-0.1, -0.05) is 18.2 Å². The van der Waals surface area contributed by atoms with Crippen LogP contribution in [-0.4, -0.2) is 42.0 Å². The van der Waals surface area contributed by atoms with E-state index in [0.717, 1.165) is 7.11 Å². The molecule has 0 aromatic heterocycles. The van der Waals surface area contributed by atoms with Gasteiger partial charge < -0.3 is 20.5 Å². The van der Waals surface area contributed by atoms with Crippen LogP contribution in [0.1, 0.15) is 24.3 Å². The molecule has 0 fully saturated rings. The number of carbonyl (C=O) groups excluding carboxylic acids is 3. The van der Waals surface area contributed by atoms with Crippen LogP contribution in [0.2, 0.25) is 0 Å². The zero-order valence-corrected chi connectivity index (χ0v) is 12.4. The number of aliphatic carboxylic acids is 1. The molecule has 1 heterocycles. The Morgan fingerprint density at radius 3 is 2.70 bits per heavy atom. The first-order valence-corrected chi connectivity index (χ1v) is 6.91. The molecule has 0 radical (unpaired) electrons. The van der Waals surface area contributed by atoms with Gasteiger partial charge in [-0.15, -0.1) is 0 Å². The van der Waals surface area contributed by atoms with Crippen molar-refractivity contribution in [2.24, 2.45) is 0 Å². The Morgan fingerprint density at radius 1 is 1.35 bits per heavy atom. The summed E-state index contributed by atoms with van der Waals surface area (Å²) in [6.45, 7) is 0. The molecule has 0 saturated carbocycles. The lowest BCUT2D eigenvalue weighted by Gasteiger charge is -2.15. The number of hydrogen-bond donors (Lipinski definition) is 3. The third kappa shape index (κ3) is 3.85. The second-order valence-corrected chi connectivity index (χ2v) is 5.07. The van der Waals surface area contributed by atoms with Gasteiger partial charge in [0.25, 0.3) is 0 Å². The molecule has 2 amide bonds. The summed E-state index contributed by atoms with van der Waals surface area (Å²) in [6.07, 6.45) is -0.682. The van der Waals surface area contributed by atoms with E-state index in [4.69, 9.17) is 5.11 Å². The van der Waals surface area contributed by atoms with Crippen molar-refractivity contribution in [3.63, 3.8) is 0 Å². The van der Waals surface area contributed by atoms with Crippen LogP contribution >= 0.6 is 0 Å². The Bertz CT molecular complexity index is 657. The molecular weight excluding hydrogens is 304 g/mol. The van der Waals surface area contributed by atoms with E-state index in [9.17, 15) is 19.2 Å². The number of rotatable bonds is 6. The Hall–Kier alpha value is -2.90. The number of methoxy groups -OCH3 is 1. The largest absolute Gasteiger partial charge is 0.480 e. The molecule has 0 aliphatic carbocycles. The molecule has 1 aromatic carbocycles. The highest BCUT2D eigenvalue weighted by Gasteiger charge is 2.33. The SMILES string of the molecule is COC(=O)C[C@@H](NC(=O)C[C@@H]1C(=O)Nc2ccccc21)C(=O)O. The van der Waals surface area contributed by atoms with Gasteiger partial charge in [-0.05, 0) is 11.6 Å². The van der Waals surface area contributed by atoms with Crippen molar-refractivity contribution in [3.8, 4) is 0 Å². The zero-order chi connectivity index (χ0) is 17.0. The van der Waals surface area contributed by atoms with Crippen molar-refractivity contribution < 1.29 is 29.0 Å². The van der Waals surface area contributed by atoms with Crippen molar-refractivity contribution in [3.05, 3.63) is 29.8 Å². The van der Waals surface area contributed by atoms with E-state index in [2.05, 4.69) is 15.4 Å². The summed E-state index contributed by atoms with van der Waals surface area (Å²) in [6, 6.07) is 5.57. The van der Waals surface area contributed by atoms with Gasteiger partial charge in [0.2, 0.25) is 11.8 Å². The summed E-state index contributed by atoms with van der Waals surface area (Å²) in [7, 11) is 1.13. The number of carbonyl (C=O) groups is 4. The first-order valence-electron chi connectivity index (χ1n) is 6.91. The lowest BCUT2D eigenvalue weighted by molar-refractivity contribution is -0.148. The highest BCUT2D eigenvalue weighted by atomic mass is 16.5. The molecule has 8 nitrogen and oxygen atoms in total. The van der Waals surface area contributed by atoms with Gasteiger partial charge >= 0.3 is 11.9 Å². The number of nitrogens with one attached hydrogen (secondary N) is 2. The first kappa shape index (κ1) is 16.5. The Balaban J connectivity index is 2.02. The summed E-state index contributed by atoms with van der Waals surface area (Å²) in [5, 5.41) is 13.9. The molecule has 1 aliphatic heterocycles. The number of benzene rings is 1. The normalized spacial score (nSPS) is 16.9. The molecule has 1 aromatic rings. The Morgan fingerprint density at radius 2 is 2.04 bits per heavy atom. The second-order valence-electron chi connectivity index (χ2n) is 5.07. The summed E-state index contributed by atoms with van der Waals surface area (Å²) in [4.78, 5) is 46.2. The zero-order valence-electron chi connectivity index (χ0n) is 12.4. The minimum absolute atomic E-state index is 0.201. The van der Waals surface area contributed by atoms with E-state index >= 15 is 0 Å². The molecule has 0 saturated heterocycles. The predicted octanol–water partition coefficient (Wildman–Crippen LogP) is 0.245. The number of fused-ring (bicyclic) bond motifs is 1. The van der Waals surface area contributed by atoms with Gasteiger partial charge in [0.1, 0.15) is 6.04 Å². The van der Waals surface area contributed by atoms with E-state index in [0.29, 0.717) is 11.3 Å². The highest BCUT2D eigenvalue weighted by molar-refractivity contribution is 6.05. The number of para-hydroxylation sites is 1. The van der Waals surface area contributed by atoms with Gasteiger partial charge in [-0.25, -0.2) is 4.79 Å². The minimum Gasteiger partial charge on any atom is -0.480 e.